The Labute approximate surface area is 157 Å². The van der Waals surface area contributed by atoms with Crippen LogP contribution in [-0.4, -0.2) is 30.5 Å². The molecule has 0 unspecified atom stereocenters. The Hall–Kier alpha value is -3.00. The number of carbonyl (C=O) groups excluding carboxylic acids is 1. The minimum Gasteiger partial charge on any atom is -0.348 e. The van der Waals surface area contributed by atoms with Gasteiger partial charge in [0.25, 0.3) is 5.91 Å². The van der Waals surface area contributed by atoms with E-state index in [4.69, 9.17) is 0 Å². The van der Waals surface area contributed by atoms with Gasteiger partial charge in [0.05, 0.1) is 28.7 Å². The van der Waals surface area contributed by atoms with Gasteiger partial charge >= 0.3 is 0 Å². The first-order valence-electron chi connectivity index (χ1n) is 8.31. The summed E-state index contributed by atoms with van der Waals surface area (Å²) in [6.45, 7) is 4.05. The Morgan fingerprint density at radius 2 is 1.70 bits per heavy atom. The van der Waals surface area contributed by atoms with Crippen molar-refractivity contribution in [3.63, 3.8) is 0 Å². The van der Waals surface area contributed by atoms with Crippen LogP contribution in [0.1, 0.15) is 27.3 Å². The number of amides is 1. The third-order valence-electron chi connectivity index (χ3n) is 4.02. The van der Waals surface area contributed by atoms with E-state index in [9.17, 15) is 13.2 Å². The third-order valence-corrected chi connectivity index (χ3v) is 4.63. The molecule has 27 heavy (non-hydrogen) atoms. The number of hydrogen-bond donors (Lipinski definition) is 2. The lowest BCUT2D eigenvalue weighted by molar-refractivity contribution is 0.0951. The van der Waals surface area contributed by atoms with Crippen LogP contribution in [0, 0.1) is 13.8 Å². The van der Waals surface area contributed by atoms with Crippen LogP contribution in [0.4, 0.5) is 5.69 Å². The summed E-state index contributed by atoms with van der Waals surface area (Å²) in [7, 11) is -3.35. The molecule has 0 bridgehead atoms. The van der Waals surface area contributed by atoms with Crippen molar-refractivity contribution >= 4 is 32.7 Å². The summed E-state index contributed by atoms with van der Waals surface area (Å²) in [4.78, 5) is 21.4. The molecule has 0 saturated carbocycles. The summed E-state index contributed by atoms with van der Waals surface area (Å²) in [5.41, 5.74) is 4.84. The van der Waals surface area contributed by atoms with Crippen LogP contribution in [0.3, 0.4) is 0 Å². The van der Waals surface area contributed by atoms with E-state index in [1.54, 1.807) is 36.4 Å². The van der Waals surface area contributed by atoms with E-state index in [1.165, 1.54) is 0 Å². The van der Waals surface area contributed by atoms with Gasteiger partial charge in [-0.15, -0.1) is 0 Å². The molecule has 0 radical (unpaired) electrons. The minimum atomic E-state index is -3.35. The zero-order valence-electron chi connectivity index (χ0n) is 15.3. The molecule has 0 aliphatic heterocycles. The maximum Gasteiger partial charge on any atom is 0.251 e. The minimum absolute atomic E-state index is 0.238. The first-order valence-corrected chi connectivity index (χ1v) is 10.2. The van der Waals surface area contributed by atoms with Crippen molar-refractivity contribution in [1.82, 2.24) is 15.3 Å². The molecule has 2 N–H and O–H groups in total. The summed E-state index contributed by atoms with van der Waals surface area (Å²) in [6, 6.07) is 12.1. The molecule has 3 rings (SSSR count). The maximum absolute atomic E-state index is 12.5. The standard InChI is InChI=1S/C19H20N4O3S/c1-12-13(2)22-18-10-15(7-8-17(18)21-12)19(24)20-11-14-5-4-6-16(9-14)23-27(3,25)26/h4-10,23H,11H2,1-3H3,(H,20,24). The Bertz CT molecular complexity index is 1130. The van der Waals surface area contributed by atoms with Crippen molar-refractivity contribution in [2.75, 3.05) is 11.0 Å². The van der Waals surface area contributed by atoms with Gasteiger partial charge < -0.3 is 5.32 Å². The molecule has 7 nitrogen and oxygen atoms in total. The van der Waals surface area contributed by atoms with Crippen LogP contribution in [0.25, 0.3) is 11.0 Å². The predicted molar refractivity (Wildman–Crippen MR) is 105 cm³/mol. The van der Waals surface area contributed by atoms with Crippen LogP contribution in [-0.2, 0) is 16.6 Å². The molecule has 140 valence electrons. The van der Waals surface area contributed by atoms with Gasteiger partial charge in [-0.25, -0.2) is 18.4 Å². The molecule has 0 aliphatic carbocycles. The Balaban J connectivity index is 1.73. The lowest BCUT2D eigenvalue weighted by Gasteiger charge is -2.09. The molecule has 0 saturated heterocycles. The molecule has 1 heterocycles. The molecule has 0 aliphatic rings. The highest BCUT2D eigenvalue weighted by Crippen LogP contribution is 2.15. The van der Waals surface area contributed by atoms with Crippen molar-refractivity contribution in [1.29, 1.82) is 0 Å². The second-order valence-corrected chi connectivity index (χ2v) is 8.10. The number of hydrogen-bond acceptors (Lipinski definition) is 5. The van der Waals surface area contributed by atoms with Gasteiger partial charge in [-0.1, -0.05) is 12.1 Å². The van der Waals surface area contributed by atoms with Crippen LogP contribution >= 0.6 is 0 Å². The molecule has 2 aromatic carbocycles. The molecule has 0 atom stereocenters. The van der Waals surface area contributed by atoms with Gasteiger partial charge in [-0.05, 0) is 49.7 Å². The molecular formula is C19H20N4O3S. The largest absolute Gasteiger partial charge is 0.348 e. The lowest BCUT2D eigenvalue weighted by Crippen LogP contribution is -2.23. The van der Waals surface area contributed by atoms with E-state index >= 15 is 0 Å². The summed E-state index contributed by atoms with van der Waals surface area (Å²) >= 11 is 0. The van der Waals surface area contributed by atoms with Gasteiger partial charge in [-0.3, -0.25) is 9.52 Å². The fourth-order valence-corrected chi connectivity index (χ4v) is 3.17. The van der Waals surface area contributed by atoms with Gasteiger partial charge in [0.2, 0.25) is 10.0 Å². The number of carbonyl (C=O) groups is 1. The molecule has 0 spiro atoms. The summed E-state index contributed by atoms with van der Waals surface area (Å²) in [5.74, 6) is -0.238. The average molecular weight is 384 g/mol. The SMILES string of the molecule is Cc1nc2ccc(C(=O)NCc3cccc(NS(C)(=O)=O)c3)cc2nc1C. The topological polar surface area (TPSA) is 101 Å². The second-order valence-electron chi connectivity index (χ2n) is 6.36. The summed E-state index contributed by atoms with van der Waals surface area (Å²) < 4.78 is 25.1. The molecule has 0 fully saturated rings. The van der Waals surface area contributed by atoms with E-state index in [0.717, 1.165) is 28.7 Å². The number of aryl methyl sites for hydroxylation is 2. The summed E-state index contributed by atoms with van der Waals surface area (Å²) in [5, 5.41) is 2.83. The van der Waals surface area contributed by atoms with Crippen molar-refractivity contribution in [2.45, 2.75) is 20.4 Å². The Morgan fingerprint density at radius 1 is 1.00 bits per heavy atom. The first kappa shape index (κ1) is 18.8. The maximum atomic E-state index is 12.5. The van der Waals surface area contributed by atoms with Crippen LogP contribution in [0.15, 0.2) is 42.5 Å². The van der Waals surface area contributed by atoms with E-state index < -0.39 is 10.0 Å². The monoisotopic (exact) mass is 384 g/mol. The third kappa shape index (κ3) is 4.79. The average Bonchev–Trinajstić information content (AvgIpc) is 2.59. The molecule has 8 heteroatoms. The Morgan fingerprint density at radius 3 is 2.41 bits per heavy atom. The number of nitrogens with zero attached hydrogens (tertiary/aromatic N) is 2. The zero-order chi connectivity index (χ0) is 19.6. The van der Waals surface area contributed by atoms with E-state index in [-0.39, 0.29) is 12.5 Å². The number of fused-ring (bicyclic) bond motifs is 1. The van der Waals surface area contributed by atoms with Crippen LogP contribution in [0.2, 0.25) is 0 Å². The second kappa shape index (κ2) is 7.32. The Kier molecular flexibility index (Phi) is 5.09. The van der Waals surface area contributed by atoms with E-state index in [1.807, 2.05) is 19.9 Å². The highest BCUT2D eigenvalue weighted by molar-refractivity contribution is 7.92. The first-order chi connectivity index (χ1) is 12.7. The number of benzene rings is 2. The smallest absolute Gasteiger partial charge is 0.251 e. The quantitative estimate of drug-likeness (QED) is 0.704. The molecule has 3 aromatic rings. The van der Waals surface area contributed by atoms with Crippen molar-refractivity contribution < 1.29 is 13.2 Å². The van der Waals surface area contributed by atoms with Crippen molar-refractivity contribution in [3.8, 4) is 0 Å². The summed E-state index contributed by atoms with van der Waals surface area (Å²) in [6.07, 6.45) is 1.09. The predicted octanol–water partition coefficient (Wildman–Crippen LogP) is 2.55. The zero-order valence-corrected chi connectivity index (χ0v) is 16.1. The number of nitrogens with one attached hydrogen (secondary N) is 2. The normalized spacial score (nSPS) is 11.4. The molecular weight excluding hydrogens is 364 g/mol. The van der Waals surface area contributed by atoms with Gasteiger partial charge in [-0.2, -0.15) is 0 Å². The van der Waals surface area contributed by atoms with Crippen LogP contribution in [0.5, 0.6) is 0 Å². The highest BCUT2D eigenvalue weighted by atomic mass is 32.2. The molecule has 1 aromatic heterocycles. The van der Waals surface area contributed by atoms with E-state index in [2.05, 4.69) is 20.0 Å². The van der Waals surface area contributed by atoms with Gasteiger partial charge in [0.15, 0.2) is 0 Å². The lowest BCUT2D eigenvalue weighted by atomic mass is 10.1. The fourth-order valence-electron chi connectivity index (χ4n) is 2.62. The van der Waals surface area contributed by atoms with Gasteiger partial charge in [0.1, 0.15) is 0 Å². The number of aromatic nitrogens is 2. The number of anilines is 1. The van der Waals surface area contributed by atoms with E-state index in [0.29, 0.717) is 16.8 Å². The van der Waals surface area contributed by atoms with Crippen molar-refractivity contribution in [2.24, 2.45) is 0 Å². The fraction of sp³-hybridized carbons (Fsp3) is 0.211. The van der Waals surface area contributed by atoms with Crippen molar-refractivity contribution in [3.05, 3.63) is 65.0 Å². The number of rotatable bonds is 5. The number of sulfonamides is 1. The van der Waals surface area contributed by atoms with Gasteiger partial charge in [0, 0.05) is 17.8 Å². The highest BCUT2D eigenvalue weighted by Gasteiger charge is 2.09. The molecule has 1 amide bonds. The van der Waals surface area contributed by atoms with Crippen LogP contribution < -0.4 is 10.0 Å².